The van der Waals surface area contributed by atoms with E-state index in [0.29, 0.717) is 11.5 Å². The molecule has 0 radical (unpaired) electrons. The van der Waals surface area contributed by atoms with Gasteiger partial charge in [0.15, 0.2) is 5.96 Å². The first-order valence-electron chi connectivity index (χ1n) is 8.31. The van der Waals surface area contributed by atoms with Gasteiger partial charge in [0.25, 0.3) is 0 Å². The average molecular weight is 377 g/mol. The number of fused-ring (bicyclic) bond motifs is 2. The largest absolute Gasteiger partial charge is 0.416 e. The summed E-state index contributed by atoms with van der Waals surface area (Å²) in [7, 11) is 1.84. The van der Waals surface area contributed by atoms with Crippen LogP contribution in [0.1, 0.15) is 28.8 Å². The Hall–Kier alpha value is -2.28. The molecular formula is C19H18F3N3S. The highest BCUT2D eigenvalue weighted by Gasteiger charge is 2.46. The molecule has 1 aromatic carbocycles. The Bertz CT molecular complexity index is 928. The van der Waals surface area contributed by atoms with Gasteiger partial charge in [-0.3, -0.25) is 0 Å². The summed E-state index contributed by atoms with van der Waals surface area (Å²) >= 11 is 1.54. The summed E-state index contributed by atoms with van der Waals surface area (Å²) in [5.74, 6) is 0.426. The smallest absolute Gasteiger partial charge is 0.369 e. The Kier molecular flexibility index (Phi) is 3.70. The number of nitrogens with two attached hydrogens (primary N) is 1. The van der Waals surface area contributed by atoms with Crippen LogP contribution >= 0.6 is 11.3 Å². The SMILES string of the molecule is C=C1N(C)C(N)=NC12CCCc1sc(-c3cccc(C(F)(F)F)c3)cc12. The Morgan fingerprint density at radius 1 is 1.31 bits per heavy atom. The van der Waals surface area contributed by atoms with Crippen LogP contribution in [0.2, 0.25) is 0 Å². The summed E-state index contributed by atoms with van der Waals surface area (Å²) in [6, 6.07) is 7.43. The van der Waals surface area contributed by atoms with Gasteiger partial charge in [-0.2, -0.15) is 13.2 Å². The van der Waals surface area contributed by atoms with Gasteiger partial charge in [0.1, 0.15) is 5.54 Å². The number of aliphatic imine (C=N–C) groups is 1. The van der Waals surface area contributed by atoms with E-state index in [2.05, 4.69) is 6.58 Å². The number of rotatable bonds is 1. The molecule has 0 bridgehead atoms. The van der Waals surface area contributed by atoms with Gasteiger partial charge in [-0.1, -0.05) is 18.7 Å². The zero-order valence-electron chi connectivity index (χ0n) is 14.2. The number of nitrogens with zero attached hydrogens (tertiary/aromatic N) is 2. The topological polar surface area (TPSA) is 41.6 Å². The van der Waals surface area contributed by atoms with E-state index < -0.39 is 17.3 Å². The maximum Gasteiger partial charge on any atom is 0.416 e. The van der Waals surface area contributed by atoms with Gasteiger partial charge in [-0.25, -0.2) is 4.99 Å². The minimum absolute atomic E-state index is 0.426. The lowest BCUT2D eigenvalue weighted by Crippen LogP contribution is -2.32. The maximum atomic E-state index is 13.0. The van der Waals surface area contributed by atoms with Crippen molar-refractivity contribution in [3.05, 3.63) is 58.6 Å². The van der Waals surface area contributed by atoms with E-state index in [0.717, 1.165) is 46.3 Å². The minimum atomic E-state index is -4.35. The third-order valence-electron chi connectivity index (χ3n) is 5.20. The van der Waals surface area contributed by atoms with E-state index in [4.69, 9.17) is 10.7 Å². The molecule has 2 aliphatic rings. The highest BCUT2D eigenvalue weighted by Crippen LogP contribution is 2.51. The zero-order chi connectivity index (χ0) is 18.7. The van der Waals surface area contributed by atoms with Crippen molar-refractivity contribution in [2.75, 3.05) is 7.05 Å². The third kappa shape index (κ3) is 2.45. The van der Waals surface area contributed by atoms with E-state index in [1.807, 2.05) is 13.1 Å². The number of thiophene rings is 1. The van der Waals surface area contributed by atoms with Gasteiger partial charge < -0.3 is 10.6 Å². The number of alkyl halides is 3. The van der Waals surface area contributed by atoms with Crippen molar-refractivity contribution in [1.82, 2.24) is 4.90 Å². The standard InChI is InChI=1S/C19H18F3N3S/c1-11-18(24-17(23)25(11)2)8-4-7-15-14(18)10-16(26-15)12-5-3-6-13(9-12)19(20,21)22/h3,5-6,9-10H,1,4,7-8H2,2H3,(H2,23,24). The van der Waals surface area contributed by atoms with Crippen LogP contribution in [0.15, 0.2) is 47.6 Å². The Labute approximate surface area is 153 Å². The molecule has 2 aromatic rings. The number of hydrogen-bond acceptors (Lipinski definition) is 4. The molecule has 4 rings (SSSR count). The first-order valence-corrected chi connectivity index (χ1v) is 9.13. The van der Waals surface area contributed by atoms with Crippen LogP contribution in [0.25, 0.3) is 10.4 Å². The lowest BCUT2D eigenvalue weighted by Gasteiger charge is -2.32. The van der Waals surface area contributed by atoms with Crippen LogP contribution in [0.3, 0.4) is 0 Å². The first kappa shape index (κ1) is 17.1. The van der Waals surface area contributed by atoms with Gasteiger partial charge in [-0.15, -0.1) is 11.3 Å². The molecule has 2 N–H and O–H groups in total. The molecule has 0 saturated heterocycles. The van der Waals surface area contributed by atoms with Crippen molar-refractivity contribution in [2.45, 2.75) is 31.0 Å². The third-order valence-corrected chi connectivity index (χ3v) is 6.45. The van der Waals surface area contributed by atoms with Gasteiger partial charge in [0, 0.05) is 28.1 Å². The first-order chi connectivity index (χ1) is 12.2. The predicted molar refractivity (Wildman–Crippen MR) is 97.9 cm³/mol. The number of guanidine groups is 1. The van der Waals surface area contributed by atoms with Crippen LogP contribution < -0.4 is 5.73 Å². The Morgan fingerprint density at radius 2 is 2.08 bits per heavy atom. The van der Waals surface area contributed by atoms with Crippen molar-refractivity contribution in [3.63, 3.8) is 0 Å². The summed E-state index contributed by atoms with van der Waals surface area (Å²) in [5.41, 5.74) is 7.22. The monoisotopic (exact) mass is 377 g/mol. The Balaban J connectivity index is 1.82. The predicted octanol–water partition coefficient (Wildman–Crippen LogP) is 4.74. The van der Waals surface area contributed by atoms with Gasteiger partial charge in [0.2, 0.25) is 0 Å². The van der Waals surface area contributed by atoms with Crippen molar-refractivity contribution < 1.29 is 13.2 Å². The fraction of sp³-hybridized carbons (Fsp3) is 0.316. The van der Waals surface area contributed by atoms with Crippen molar-refractivity contribution in [3.8, 4) is 10.4 Å². The van der Waals surface area contributed by atoms with Crippen LogP contribution in [-0.4, -0.2) is 17.9 Å². The summed E-state index contributed by atoms with van der Waals surface area (Å²) in [4.78, 5) is 8.45. The second-order valence-electron chi connectivity index (χ2n) is 6.72. The lowest BCUT2D eigenvalue weighted by atomic mass is 9.78. The van der Waals surface area contributed by atoms with E-state index in [9.17, 15) is 13.2 Å². The molecule has 3 nitrogen and oxygen atoms in total. The molecule has 0 fully saturated rings. The molecule has 1 spiro atoms. The number of hydrogen-bond donors (Lipinski definition) is 1. The number of halogens is 3. The molecule has 0 saturated carbocycles. The van der Waals surface area contributed by atoms with Crippen molar-refractivity contribution in [1.29, 1.82) is 0 Å². The molecule has 1 aliphatic heterocycles. The summed E-state index contributed by atoms with van der Waals surface area (Å²) in [5, 5.41) is 0. The van der Waals surface area contributed by atoms with E-state index >= 15 is 0 Å². The van der Waals surface area contributed by atoms with Crippen LogP contribution in [0.4, 0.5) is 13.2 Å². The molecule has 1 aliphatic carbocycles. The summed E-state index contributed by atoms with van der Waals surface area (Å²) < 4.78 is 39.1. The molecule has 1 unspecified atom stereocenters. The van der Waals surface area contributed by atoms with Crippen LogP contribution in [0.5, 0.6) is 0 Å². The van der Waals surface area contributed by atoms with Crippen LogP contribution in [0, 0.1) is 0 Å². The van der Waals surface area contributed by atoms with Gasteiger partial charge in [0.05, 0.1) is 5.56 Å². The Morgan fingerprint density at radius 3 is 2.73 bits per heavy atom. The quantitative estimate of drug-likeness (QED) is 0.780. The molecule has 1 atom stereocenters. The second-order valence-corrected chi connectivity index (χ2v) is 7.85. The molecule has 0 amide bonds. The van der Waals surface area contributed by atoms with E-state index in [1.54, 1.807) is 11.0 Å². The highest BCUT2D eigenvalue weighted by molar-refractivity contribution is 7.15. The summed E-state index contributed by atoms with van der Waals surface area (Å²) in [6.07, 6.45) is -1.70. The molecule has 7 heteroatoms. The molecule has 1 aromatic heterocycles. The average Bonchev–Trinajstić information content (AvgIpc) is 3.12. The van der Waals surface area contributed by atoms with Gasteiger partial charge in [-0.05, 0) is 43.0 Å². The zero-order valence-corrected chi connectivity index (χ0v) is 15.0. The van der Waals surface area contributed by atoms with Gasteiger partial charge >= 0.3 is 6.18 Å². The lowest BCUT2D eigenvalue weighted by molar-refractivity contribution is -0.137. The van der Waals surface area contributed by atoms with E-state index in [1.165, 1.54) is 23.5 Å². The molecule has 2 heterocycles. The second kappa shape index (κ2) is 5.61. The number of likely N-dealkylation sites (N-methyl/N-ethyl adjacent to an activating group) is 1. The van der Waals surface area contributed by atoms with Crippen LogP contribution in [-0.2, 0) is 18.1 Å². The normalized spacial score (nSPS) is 22.7. The van der Waals surface area contributed by atoms with Crippen molar-refractivity contribution >= 4 is 17.3 Å². The number of benzene rings is 1. The van der Waals surface area contributed by atoms with E-state index in [-0.39, 0.29) is 0 Å². The number of aryl methyl sites for hydroxylation is 1. The highest BCUT2D eigenvalue weighted by atomic mass is 32.1. The maximum absolute atomic E-state index is 13.0. The molecule has 136 valence electrons. The summed E-state index contributed by atoms with van der Waals surface area (Å²) in [6.45, 7) is 4.18. The molecule has 26 heavy (non-hydrogen) atoms. The molecular weight excluding hydrogens is 359 g/mol. The minimum Gasteiger partial charge on any atom is -0.369 e. The van der Waals surface area contributed by atoms with Crippen molar-refractivity contribution in [2.24, 2.45) is 10.7 Å². The fourth-order valence-electron chi connectivity index (χ4n) is 3.76. The fourth-order valence-corrected chi connectivity index (χ4v) is 5.03.